The fraction of sp³-hybridized carbons (Fsp3) is 0.400. The third kappa shape index (κ3) is 7.81. The number of benzene rings is 2. The van der Waals surface area contributed by atoms with Crippen molar-refractivity contribution < 1.29 is 9.53 Å². The van der Waals surface area contributed by atoms with Crippen molar-refractivity contribution in [3.8, 4) is 5.75 Å². The SMILES string of the molecule is O=C(NCCOc1ccccc1)c1cnc(N2CCN(C3CCN(Cc4ccc(Br)cc4)CC3)CC2)c(Br)c1. The summed E-state index contributed by atoms with van der Waals surface area (Å²) in [6.07, 6.45) is 4.11. The minimum atomic E-state index is -0.150. The van der Waals surface area contributed by atoms with E-state index in [1.807, 2.05) is 36.4 Å². The lowest BCUT2D eigenvalue weighted by atomic mass is 10.0. The van der Waals surface area contributed by atoms with Crippen molar-refractivity contribution in [3.63, 3.8) is 0 Å². The molecule has 0 atom stereocenters. The number of amides is 1. The molecule has 0 aliphatic carbocycles. The first-order chi connectivity index (χ1) is 19.0. The van der Waals surface area contributed by atoms with Crippen LogP contribution >= 0.6 is 31.9 Å². The number of likely N-dealkylation sites (tertiary alicyclic amines) is 1. The van der Waals surface area contributed by atoms with Gasteiger partial charge in [0.25, 0.3) is 5.91 Å². The number of ether oxygens (including phenoxy) is 1. The van der Waals surface area contributed by atoms with E-state index in [-0.39, 0.29) is 5.91 Å². The Bertz CT molecular complexity index is 1210. The number of nitrogens with zero attached hydrogens (tertiary/aromatic N) is 4. The van der Waals surface area contributed by atoms with Gasteiger partial charge < -0.3 is 15.0 Å². The van der Waals surface area contributed by atoms with Gasteiger partial charge in [0, 0.05) is 49.4 Å². The minimum absolute atomic E-state index is 0.150. The quantitative estimate of drug-likeness (QED) is 0.320. The summed E-state index contributed by atoms with van der Waals surface area (Å²) in [6.45, 7) is 8.12. The monoisotopic (exact) mass is 655 g/mol. The molecule has 2 fully saturated rings. The average Bonchev–Trinajstić information content (AvgIpc) is 2.97. The standard InChI is InChI=1S/C30H35Br2N5O2/c31-25-8-6-23(7-9-25)22-35-13-10-26(11-14-35)36-15-17-37(18-16-36)29-28(32)20-24(21-34-29)30(38)33-12-19-39-27-4-2-1-3-5-27/h1-9,20-21,26H,10-19,22H2,(H,33,38). The number of anilines is 1. The van der Waals surface area contributed by atoms with Crippen LogP contribution in [0.2, 0.25) is 0 Å². The van der Waals surface area contributed by atoms with E-state index in [0.29, 0.717) is 24.8 Å². The molecule has 2 aromatic carbocycles. The van der Waals surface area contributed by atoms with E-state index < -0.39 is 0 Å². The molecule has 2 aliphatic heterocycles. The number of pyridine rings is 1. The van der Waals surface area contributed by atoms with Crippen LogP contribution in [-0.2, 0) is 6.54 Å². The Morgan fingerprint density at radius 3 is 2.36 bits per heavy atom. The zero-order chi connectivity index (χ0) is 27.0. The highest BCUT2D eigenvalue weighted by Gasteiger charge is 2.28. The third-order valence-corrected chi connectivity index (χ3v) is 8.60. The summed E-state index contributed by atoms with van der Waals surface area (Å²) >= 11 is 7.18. The van der Waals surface area contributed by atoms with Gasteiger partial charge in [-0.05, 0) is 77.8 Å². The number of para-hydroxylation sites is 1. The largest absolute Gasteiger partial charge is 0.492 e. The van der Waals surface area contributed by atoms with Crippen LogP contribution in [-0.4, -0.2) is 79.2 Å². The van der Waals surface area contributed by atoms with E-state index in [1.165, 1.54) is 18.4 Å². The van der Waals surface area contributed by atoms with Crippen molar-refractivity contribution in [2.45, 2.75) is 25.4 Å². The van der Waals surface area contributed by atoms with E-state index in [9.17, 15) is 4.79 Å². The lowest BCUT2D eigenvalue weighted by Gasteiger charge is -2.43. The molecule has 0 radical (unpaired) electrons. The fourth-order valence-corrected chi connectivity index (χ4v) is 6.19. The Balaban J connectivity index is 1.04. The molecule has 0 unspecified atom stereocenters. The Kier molecular flexibility index (Phi) is 9.90. The van der Waals surface area contributed by atoms with Crippen molar-refractivity contribution in [2.24, 2.45) is 0 Å². The van der Waals surface area contributed by atoms with Gasteiger partial charge in [-0.15, -0.1) is 0 Å². The molecule has 5 rings (SSSR count). The first-order valence-corrected chi connectivity index (χ1v) is 15.2. The second-order valence-electron chi connectivity index (χ2n) is 10.1. The second kappa shape index (κ2) is 13.7. The number of hydrogen-bond acceptors (Lipinski definition) is 6. The Morgan fingerprint density at radius 1 is 0.949 bits per heavy atom. The van der Waals surface area contributed by atoms with Crippen LogP contribution in [0.4, 0.5) is 5.82 Å². The number of halogens is 2. The number of piperazine rings is 1. The number of rotatable bonds is 9. The van der Waals surface area contributed by atoms with Gasteiger partial charge in [-0.2, -0.15) is 0 Å². The van der Waals surface area contributed by atoms with Gasteiger partial charge in [0.05, 0.1) is 16.6 Å². The molecule has 206 valence electrons. The van der Waals surface area contributed by atoms with Crippen LogP contribution < -0.4 is 15.0 Å². The summed E-state index contributed by atoms with van der Waals surface area (Å²) in [7, 11) is 0. The van der Waals surface area contributed by atoms with E-state index in [0.717, 1.165) is 66.3 Å². The van der Waals surface area contributed by atoms with E-state index in [4.69, 9.17) is 4.74 Å². The highest BCUT2D eigenvalue weighted by Crippen LogP contribution is 2.27. The Labute approximate surface area is 247 Å². The van der Waals surface area contributed by atoms with Gasteiger partial charge in [-0.1, -0.05) is 46.3 Å². The van der Waals surface area contributed by atoms with Crippen molar-refractivity contribution in [1.82, 2.24) is 20.1 Å². The third-order valence-electron chi connectivity index (χ3n) is 7.49. The van der Waals surface area contributed by atoms with Crippen LogP contribution in [0.25, 0.3) is 0 Å². The molecule has 7 nitrogen and oxygen atoms in total. The number of hydrogen-bond donors (Lipinski definition) is 1. The highest BCUT2D eigenvalue weighted by atomic mass is 79.9. The lowest BCUT2D eigenvalue weighted by molar-refractivity contribution is 0.0946. The summed E-state index contributed by atoms with van der Waals surface area (Å²) in [5, 5.41) is 2.91. The van der Waals surface area contributed by atoms with Crippen LogP contribution in [0.15, 0.2) is 75.8 Å². The zero-order valence-electron chi connectivity index (χ0n) is 22.1. The van der Waals surface area contributed by atoms with E-state index >= 15 is 0 Å². The molecule has 0 bridgehead atoms. The Hall–Kier alpha value is -2.46. The van der Waals surface area contributed by atoms with Crippen LogP contribution in [0.1, 0.15) is 28.8 Å². The number of aromatic nitrogens is 1. The summed E-state index contributed by atoms with van der Waals surface area (Å²) < 4.78 is 7.63. The molecule has 39 heavy (non-hydrogen) atoms. The molecule has 2 aliphatic rings. The van der Waals surface area contributed by atoms with Crippen molar-refractivity contribution in [3.05, 3.63) is 86.9 Å². The number of carbonyl (C=O) groups excluding carboxylic acids is 1. The van der Waals surface area contributed by atoms with Crippen LogP contribution in [0, 0.1) is 0 Å². The van der Waals surface area contributed by atoms with Crippen LogP contribution in [0.3, 0.4) is 0 Å². The molecular formula is C30H35Br2N5O2. The molecule has 2 saturated heterocycles. The molecule has 9 heteroatoms. The maximum absolute atomic E-state index is 12.6. The molecular weight excluding hydrogens is 622 g/mol. The molecule has 1 amide bonds. The van der Waals surface area contributed by atoms with Gasteiger partial charge >= 0.3 is 0 Å². The molecule has 0 saturated carbocycles. The predicted octanol–water partition coefficient (Wildman–Crippen LogP) is 5.20. The van der Waals surface area contributed by atoms with Gasteiger partial charge in [-0.3, -0.25) is 14.6 Å². The minimum Gasteiger partial charge on any atom is -0.492 e. The highest BCUT2D eigenvalue weighted by molar-refractivity contribution is 9.10. The molecule has 3 heterocycles. The first-order valence-electron chi connectivity index (χ1n) is 13.6. The molecule has 1 aromatic heterocycles. The van der Waals surface area contributed by atoms with Crippen molar-refractivity contribution in [2.75, 3.05) is 57.3 Å². The van der Waals surface area contributed by atoms with Crippen molar-refractivity contribution in [1.29, 1.82) is 0 Å². The lowest BCUT2D eigenvalue weighted by Crippen LogP contribution is -2.53. The predicted molar refractivity (Wildman–Crippen MR) is 162 cm³/mol. The number of carbonyl (C=O) groups is 1. The molecule has 3 aromatic rings. The molecule has 0 spiro atoms. The summed E-state index contributed by atoms with van der Waals surface area (Å²) in [5.74, 6) is 1.55. The number of piperidine rings is 1. The maximum atomic E-state index is 12.6. The average molecular weight is 657 g/mol. The summed E-state index contributed by atoms with van der Waals surface area (Å²) in [4.78, 5) is 24.8. The van der Waals surface area contributed by atoms with E-state index in [2.05, 4.69) is 81.1 Å². The van der Waals surface area contributed by atoms with Gasteiger partial charge in [0.1, 0.15) is 18.2 Å². The summed E-state index contributed by atoms with van der Waals surface area (Å²) in [6, 6.07) is 20.8. The van der Waals surface area contributed by atoms with Gasteiger partial charge in [-0.25, -0.2) is 4.98 Å². The maximum Gasteiger partial charge on any atom is 0.253 e. The van der Waals surface area contributed by atoms with Crippen LogP contribution in [0.5, 0.6) is 5.75 Å². The van der Waals surface area contributed by atoms with E-state index in [1.54, 1.807) is 6.20 Å². The normalized spacial score (nSPS) is 17.2. The topological polar surface area (TPSA) is 60.9 Å². The van der Waals surface area contributed by atoms with Gasteiger partial charge in [0.2, 0.25) is 0 Å². The summed E-state index contributed by atoms with van der Waals surface area (Å²) in [5.41, 5.74) is 1.92. The first kappa shape index (κ1) is 28.1. The van der Waals surface area contributed by atoms with Crippen molar-refractivity contribution >= 4 is 43.6 Å². The number of nitrogens with one attached hydrogen (secondary N) is 1. The van der Waals surface area contributed by atoms with Gasteiger partial charge in [0.15, 0.2) is 0 Å². The Morgan fingerprint density at radius 2 is 1.67 bits per heavy atom. The second-order valence-corrected chi connectivity index (χ2v) is 11.9. The zero-order valence-corrected chi connectivity index (χ0v) is 25.2. The fourth-order valence-electron chi connectivity index (χ4n) is 5.33. The smallest absolute Gasteiger partial charge is 0.253 e. The molecule has 1 N–H and O–H groups in total.